The third-order valence-electron chi connectivity index (χ3n) is 9.36. The molecule has 0 aliphatic rings. The van der Waals surface area contributed by atoms with Gasteiger partial charge in [-0.1, -0.05) is 115 Å². The van der Waals surface area contributed by atoms with E-state index in [4.69, 9.17) is 13.1 Å². The van der Waals surface area contributed by atoms with Crippen LogP contribution in [0.3, 0.4) is 0 Å². The highest BCUT2D eigenvalue weighted by molar-refractivity contribution is 6.14. The Hall–Kier alpha value is -6.88. The van der Waals surface area contributed by atoms with Crippen LogP contribution < -0.4 is 0 Å². The maximum Gasteiger partial charge on any atom is 0.211 e. The predicted molar refractivity (Wildman–Crippen MR) is 199 cm³/mol. The third-order valence-corrected chi connectivity index (χ3v) is 9.36. The second-order valence-electron chi connectivity index (χ2n) is 11.9. The monoisotopic (exact) mass is 610 g/mol. The second-order valence-corrected chi connectivity index (χ2v) is 11.9. The van der Waals surface area contributed by atoms with Crippen LogP contribution in [0.4, 0.5) is 11.4 Å². The highest BCUT2D eigenvalue weighted by Gasteiger charge is 2.19. The van der Waals surface area contributed by atoms with Crippen LogP contribution in [-0.4, -0.2) is 9.13 Å². The summed E-state index contributed by atoms with van der Waals surface area (Å²) in [7, 11) is 0. The van der Waals surface area contributed by atoms with Gasteiger partial charge < -0.3 is 9.13 Å². The van der Waals surface area contributed by atoms with Crippen LogP contribution in [0.15, 0.2) is 158 Å². The number of benzene rings is 7. The summed E-state index contributed by atoms with van der Waals surface area (Å²) in [6.07, 6.45) is 0. The smallest absolute Gasteiger partial charge is 0.211 e. The van der Waals surface area contributed by atoms with Gasteiger partial charge in [0.15, 0.2) is 5.69 Å². The number of nitrogens with zero attached hydrogens (tertiary/aromatic N) is 4. The molecule has 9 rings (SSSR count). The van der Waals surface area contributed by atoms with Gasteiger partial charge in [0.05, 0.1) is 35.2 Å². The van der Waals surface area contributed by atoms with Crippen LogP contribution in [0, 0.1) is 13.1 Å². The Kier molecular flexibility index (Phi) is 6.22. The molecule has 0 saturated carbocycles. The molecule has 0 aliphatic heterocycles. The van der Waals surface area contributed by atoms with Gasteiger partial charge in [0.2, 0.25) is 5.69 Å². The maximum absolute atomic E-state index is 7.98. The molecule has 2 aromatic heterocycles. The first-order valence-electron chi connectivity index (χ1n) is 15.8. The van der Waals surface area contributed by atoms with Gasteiger partial charge in [0.25, 0.3) is 0 Å². The van der Waals surface area contributed by atoms with Crippen LogP contribution >= 0.6 is 0 Å². The average Bonchev–Trinajstić information content (AvgIpc) is 3.68. The number of fused-ring (bicyclic) bond motifs is 6. The van der Waals surface area contributed by atoms with E-state index in [1.54, 1.807) is 0 Å². The van der Waals surface area contributed by atoms with Crippen molar-refractivity contribution in [2.75, 3.05) is 0 Å². The fourth-order valence-corrected chi connectivity index (χ4v) is 7.23. The molecular formula is C44H26N4. The van der Waals surface area contributed by atoms with Crippen molar-refractivity contribution in [3.05, 3.63) is 181 Å². The molecule has 48 heavy (non-hydrogen) atoms. The number of para-hydroxylation sites is 4. The van der Waals surface area contributed by atoms with Crippen molar-refractivity contribution in [1.82, 2.24) is 9.13 Å². The van der Waals surface area contributed by atoms with Gasteiger partial charge in [0, 0.05) is 33.1 Å². The van der Waals surface area contributed by atoms with E-state index in [0.29, 0.717) is 11.4 Å². The molecule has 0 bridgehead atoms. The summed E-state index contributed by atoms with van der Waals surface area (Å²) >= 11 is 0. The zero-order valence-electron chi connectivity index (χ0n) is 25.8. The van der Waals surface area contributed by atoms with Crippen molar-refractivity contribution < 1.29 is 0 Å². The van der Waals surface area contributed by atoms with Gasteiger partial charge >= 0.3 is 0 Å². The fraction of sp³-hybridized carbons (Fsp3) is 0. The predicted octanol–water partition coefficient (Wildman–Crippen LogP) is 12.3. The standard InChI is InChI=1S/C44H26N4/c1-45-32-23-26-34(43(28-32)48-42-20-8-5-15-37(42)38-16-10-17-39(46-2)44(38)48)31-12-9-11-30(27-31)29-21-24-33(25-22-29)47-40-18-6-3-13-35(40)36-14-4-7-19-41(36)47/h3-28H. The van der Waals surface area contributed by atoms with Crippen molar-refractivity contribution in [3.8, 4) is 33.6 Å². The fourth-order valence-electron chi connectivity index (χ4n) is 7.23. The van der Waals surface area contributed by atoms with Gasteiger partial charge in [-0.15, -0.1) is 0 Å². The Morgan fingerprint density at radius 2 is 1.00 bits per heavy atom. The highest BCUT2D eigenvalue weighted by Crippen LogP contribution is 2.42. The SMILES string of the molecule is [C-]#[N+]c1ccc(-c2cccc(-c3ccc(-n4c5ccccc5c5ccccc54)cc3)c2)c(-n2c3ccccc3c3cccc([N+]#[C-])c32)c1. The number of rotatable bonds is 4. The van der Waals surface area contributed by atoms with Crippen LogP contribution in [0.25, 0.3) is 86.9 Å². The van der Waals surface area contributed by atoms with Gasteiger partial charge in [-0.3, -0.25) is 0 Å². The first kappa shape index (κ1) is 27.4. The largest absolute Gasteiger partial charge is 0.320 e. The van der Waals surface area contributed by atoms with E-state index in [9.17, 15) is 0 Å². The third kappa shape index (κ3) is 4.14. The lowest BCUT2D eigenvalue weighted by Gasteiger charge is -2.16. The topological polar surface area (TPSA) is 18.6 Å². The highest BCUT2D eigenvalue weighted by atomic mass is 15.0. The van der Waals surface area contributed by atoms with Crippen LogP contribution in [0.1, 0.15) is 0 Å². The zero-order chi connectivity index (χ0) is 32.2. The molecule has 2 heterocycles. The van der Waals surface area contributed by atoms with Crippen LogP contribution in [0.5, 0.6) is 0 Å². The van der Waals surface area contributed by atoms with Crippen molar-refractivity contribution in [1.29, 1.82) is 0 Å². The molecule has 0 radical (unpaired) electrons. The number of aromatic nitrogens is 2. The minimum Gasteiger partial charge on any atom is -0.320 e. The first-order valence-corrected chi connectivity index (χ1v) is 15.8. The maximum atomic E-state index is 7.98. The summed E-state index contributed by atoms with van der Waals surface area (Å²) in [5.74, 6) is 0. The molecule has 7 aromatic carbocycles. The van der Waals surface area contributed by atoms with E-state index in [0.717, 1.165) is 55.4 Å². The summed E-state index contributed by atoms with van der Waals surface area (Å²) in [6, 6.07) is 54.5. The summed E-state index contributed by atoms with van der Waals surface area (Å²) in [5, 5.41) is 4.60. The molecule has 0 saturated heterocycles. The molecule has 222 valence electrons. The van der Waals surface area contributed by atoms with E-state index in [2.05, 4.69) is 134 Å². The summed E-state index contributed by atoms with van der Waals surface area (Å²) in [6.45, 7) is 15.8. The van der Waals surface area contributed by atoms with Gasteiger partial charge in [-0.05, 0) is 64.5 Å². The lowest BCUT2D eigenvalue weighted by molar-refractivity contribution is 1.18. The molecule has 0 fully saturated rings. The molecule has 9 aromatic rings. The normalized spacial score (nSPS) is 11.3. The van der Waals surface area contributed by atoms with E-state index >= 15 is 0 Å². The molecule has 0 spiro atoms. The van der Waals surface area contributed by atoms with Gasteiger partial charge in [-0.25, -0.2) is 9.69 Å². The second kappa shape index (κ2) is 10.9. The minimum atomic E-state index is 0.553. The Labute approximate surface area is 277 Å². The summed E-state index contributed by atoms with van der Waals surface area (Å²) in [5.41, 5.74) is 11.6. The van der Waals surface area contributed by atoms with Crippen molar-refractivity contribution in [3.63, 3.8) is 0 Å². The number of hydrogen-bond donors (Lipinski definition) is 0. The van der Waals surface area contributed by atoms with Crippen molar-refractivity contribution in [2.45, 2.75) is 0 Å². The molecule has 0 aliphatic carbocycles. The van der Waals surface area contributed by atoms with Crippen LogP contribution in [0.2, 0.25) is 0 Å². The van der Waals surface area contributed by atoms with E-state index < -0.39 is 0 Å². The molecule has 0 N–H and O–H groups in total. The molecule has 4 heteroatoms. The lowest BCUT2D eigenvalue weighted by Crippen LogP contribution is -1.97. The summed E-state index contributed by atoms with van der Waals surface area (Å²) in [4.78, 5) is 7.69. The first-order chi connectivity index (χ1) is 23.7. The van der Waals surface area contributed by atoms with E-state index in [1.807, 2.05) is 42.5 Å². The quantitative estimate of drug-likeness (QED) is 0.177. The zero-order valence-corrected chi connectivity index (χ0v) is 25.8. The van der Waals surface area contributed by atoms with Crippen molar-refractivity contribution in [2.24, 2.45) is 0 Å². The van der Waals surface area contributed by atoms with Gasteiger partial charge in [-0.2, -0.15) is 0 Å². The molecule has 0 unspecified atom stereocenters. The van der Waals surface area contributed by atoms with Crippen LogP contribution in [-0.2, 0) is 0 Å². The Bertz CT molecular complexity index is 2750. The molecule has 4 nitrogen and oxygen atoms in total. The number of hydrogen-bond acceptors (Lipinski definition) is 0. The molecule has 0 atom stereocenters. The minimum absolute atomic E-state index is 0.553. The Morgan fingerprint density at radius 3 is 1.67 bits per heavy atom. The Morgan fingerprint density at radius 1 is 0.417 bits per heavy atom. The lowest BCUT2D eigenvalue weighted by atomic mass is 9.97. The Balaban J connectivity index is 1.19. The van der Waals surface area contributed by atoms with Crippen molar-refractivity contribution >= 4 is 55.0 Å². The molecule has 0 amide bonds. The van der Waals surface area contributed by atoms with Gasteiger partial charge in [0.1, 0.15) is 0 Å². The molecular weight excluding hydrogens is 585 g/mol. The van der Waals surface area contributed by atoms with E-state index in [-0.39, 0.29) is 0 Å². The summed E-state index contributed by atoms with van der Waals surface area (Å²) < 4.78 is 4.49. The average molecular weight is 611 g/mol. The van der Waals surface area contributed by atoms with E-state index in [1.165, 1.54) is 21.8 Å².